The van der Waals surface area contributed by atoms with Crippen LogP contribution < -0.4 is 15.4 Å². The van der Waals surface area contributed by atoms with E-state index in [0.717, 1.165) is 12.1 Å². The van der Waals surface area contributed by atoms with Crippen molar-refractivity contribution in [3.8, 4) is 5.75 Å². The van der Waals surface area contributed by atoms with Crippen LogP contribution in [-0.4, -0.2) is 42.0 Å². The molecule has 32 heavy (non-hydrogen) atoms. The summed E-state index contributed by atoms with van der Waals surface area (Å²) in [6.45, 7) is 4.73. The van der Waals surface area contributed by atoms with E-state index >= 15 is 0 Å². The second-order valence-corrected chi connectivity index (χ2v) is 7.90. The lowest BCUT2D eigenvalue weighted by Crippen LogP contribution is -2.35. The van der Waals surface area contributed by atoms with Crippen molar-refractivity contribution in [3.05, 3.63) is 59.7 Å². The molecule has 10 heteroatoms. The Morgan fingerprint density at radius 2 is 1.72 bits per heavy atom. The van der Waals surface area contributed by atoms with Crippen molar-refractivity contribution in [3.63, 3.8) is 0 Å². The molecular weight excluding hydrogens is 429 g/mol. The topological polar surface area (TPSA) is 96.9 Å². The molecular formula is C22H25F3N2O5. The first-order valence-electron chi connectivity index (χ1n) is 9.70. The predicted molar refractivity (Wildman–Crippen MR) is 112 cm³/mol. The summed E-state index contributed by atoms with van der Waals surface area (Å²) in [5.74, 6) is -0.523. The zero-order valence-electron chi connectivity index (χ0n) is 17.8. The predicted octanol–water partition coefficient (Wildman–Crippen LogP) is 4.22. The van der Waals surface area contributed by atoms with E-state index in [9.17, 15) is 27.9 Å². The molecule has 0 fully saturated rings. The van der Waals surface area contributed by atoms with Crippen LogP contribution in [0.3, 0.4) is 0 Å². The van der Waals surface area contributed by atoms with E-state index in [1.807, 2.05) is 0 Å². The number of carbonyl (C=O) groups excluding carboxylic acids is 2. The molecule has 0 aliphatic rings. The maximum absolute atomic E-state index is 12.7. The Hall–Kier alpha value is -3.27. The first-order chi connectivity index (χ1) is 14.8. The number of nitrogens with one attached hydrogen (secondary N) is 2. The Kier molecular flexibility index (Phi) is 8.09. The van der Waals surface area contributed by atoms with Gasteiger partial charge in [-0.15, -0.1) is 0 Å². The fourth-order valence-corrected chi connectivity index (χ4v) is 2.45. The third-order valence-electron chi connectivity index (χ3n) is 3.89. The van der Waals surface area contributed by atoms with Crippen molar-refractivity contribution in [2.45, 2.75) is 38.7 Å². The van der Waals surface area contributed by atoms with Crippen molar-refractivity contribution in [2.75, 3.05) is 18.5 Å². The molecule has 0 saturated heterocycles. The van der Waals surface area contributed by atoms with Crippen molar-refractivity contribution >= 4 is 17.7 Å². The molecule has 2 amide bonds. The number of benzene rings is 2. The number of aliphatic hydroxyl groups excluding tert-OH is 1. The molecule has 2 aromatic carbocycles. The third-order valence-corrected chi connectivity index (χ3v) is 3.89. The standard InChI is InChI=1S/C22H25F3N2O5/c1-21(2,3)32-20(30)27-16-9-7-14(8-10-16)19(29)26-12-17(28)13-31-18-6-4-5-15(11-18)22(23,24)25/h4-11,17,28H,12-13H2,1-3H3,(H,26,29)(H,27,30). The molecule has 0 saturated carbocycles. The van der Waals surface area contributed by atoms with Gasteiger partial charge < -0.3 is 19.9 Å². The summed E-state index contributed by atoms with van der Waals surface area (Å²) in [7, 11) is 0. The number of ether oxygens (including phenoxy) is 2. The lowest BCUT2D eigenvalue weighted by atomic mass is 10.2. The minimum atomic E-state index is -4.50. The molecule has 1 unspecified atom stereocenters. The van der Waals surface area contributed by atoms with Crippen LogP contribution in [0.25, 0.3) is 0 Å². The number of hydrogen-bond acceptors (Lipinski definition) is 5. The van der Waals surface area contributed by atoms with E-state index in [2.05, 4.69) is 10.6 Å². The van der Waals surface area contributed by atoms with E-state index in [-0.39, 0.29) is 24.5 Å². The number of alkyl halides is 3. The fourth-order valence-electron chi connectivity index (χ4n) is 2.45. The maximum Gasteiger partial charge on any atom is 0.416 e. The Morgan fingerprint density at radius 1 is 1.06 bits per heavy atom. The average molecular weight is 454 g/mol. The highest BCUT2D eigenvalue weighted by atomic mass is 19.4. The molecule has 3 N–H and O–H groups in total. The zero-order valence-corrected chi connectivity index (χ0v) is 17.8. The first kappa shape index (κ1) is 25.0. The highest BCUT2D eigenvalue weighted by Crippen LogP contribution is 2.31. The zero-order chi connectivity index (χ0) is 23.9. The van der Waals surface area contributed by atoms with Crippen molar-refractivity contribution in [1.82, 2.24) is 5.32 Å². The summed E-state index contributed by atoms with van der Waals surface area (Å²) < 4.78 is 48.4. The number of halogens is 3. The molecule has 1 atom stereocenters. The van der Waals surface area contributed by atoms with Gasteiger partial charge in [0.2, 0.25) is 0 Å². The molecule has 0 aromatic heterocycles. The van der Waals surface area contributed by atoms with Gasteiger partial charge in [-0.25, -0.2) is 4.79 Å². The van der Waals surface area contributed by atoms with E-state index in [4.69, 9.17) is 9.47 Å². The van der Waals surface area contributed by atoms with Gasteiger partial charge in [0.05, 0.1) is 5.56 Å². The van der Waals surface area contributed by atoms with Crippen molar-refractivity contribution in [1.29, 1.82) is 0 Å². The van der Waals surface area contributed by atoms with Crippen LogP contribution in [0.15, 0.2) is 48.5 Å². The second kappa shape index (κ2) is 10.4. The van der Waals surface area contributed by atoms with E-state index in [0.29, 0.717) is 5.69 Å². The molecule has 174 valence electrons. The van der Waals surface area contributed by atoms with Gasteiger partial charge in [-0.3, -0.25) is 10.1 Å². The Bertz CT molecular complexity index is 924. The number of amides is 2. The Morgan fingerprint density at radius 3 is 2.31 bits per heavy atom. The highest BCUT2D eigenvalue weighted by molar-refractivity contribution is 5.95. The number of aliphatic hydroxyl groups is 1. The molecule has 2 aromatic rings. The number of carbonyl (C=O) groups is 2. The Balaban J connectivity index is 1.80. The average Bonchev–Trinajstić information content (AvgIpc) is 2.69. The minimum absolute atomic E-state index is 0.0433. The molecule has 0 radical (unpaired) electrons. The van der Waals surface area contributed by atoms with Gasteiger partial charge in [-0.1, -0.05) is 6.07 Å². The monoisotopic (exact) mass is 454 g/mol. The second-order valence-electron chi connectivity index (χ2n) is 7.90. The number of hydrogen-bond donors (Lipinski definition) is 3. The number of rotatable bonds is 7. The van der Waals surface area contributed by atoms with Crippen LogP contribution in [-0.2, 0) is 10.9 Å². The van der Waals surface area contributed by atoms with Crippen molar-refractivity contribution in [2.24, 2.45) is 0 Å². The maximum atomic E-state index is 12.7. The van der Waals surface area contributed by atoms with Crippen LogP contribution in [0.1, 0.15) is 36.7 Å². The van der Waals surface area contributed by atoms with E-state index in [1.165, 1.54) is 36.4 Å². The van der Waals surface area contributed by atoms with Crippen LogP contribution in [0.5, 0.6) is 5.75 Å². The molecule has 0 aliphatic heterocycles. The van der Waals surface area contributed by atoms with Gasteiger partial charge in [-0.2, -0.15) is 13.2 Å². The lowest BCUT2D eigenvalue weighted by Gasteiger charge is -2.19. The van der Waals surface area contributed by atoms with Crippen LogP contribution >= 0.6 is 0 Å². The SMILES string of the molecule is CC(C)(C)OC(=O)Nc1ccc(C(=O)NCC(O)COc2cccc(C(F)(F)F)c2)cc1. The van der Waals surface area contributed by atoms with Gasteiger partial charge in [-0.05, 0) is 63.2 Å². The van der Waals surface area contributed by atoms with Gasteiger partial charge in [0.25, 0.3) is 5.91 Å². The van der Waals surface area contributed by atoms with Gasteiger partial charge in [0.15, 0.2) is 0 Å². The Labute approximate surface area is 183 Å². The highest BCUT2D eigenvalue weighted by Gasteiger charge is 2.30. The van der Waals surface area contributed by atoms with Gasteiger partial charge >= 0.3 is 12.3 Å². The smallest absolute Gasteiger partial charge is 0.416 e. The van der Waals surface area contributed by atoms with Crippen LogP contribution in [0.2, 0.25) is 0 Å². The lowest BCUT2D eigenvalue weighted by molar-refractivity contribution is -0.137. The number of anilines is 1. The van der Waals surface area contributed by atoms with Gasteiger partial charge in [0, 0.05) is 17.8 Å². The molecule has 2 rings (SSSR count). The van der Waals surface area contributed by atoms with Gasteiger partial charge in [0.1, 0.15) is 24.1 Å². The largest absolute Gasteiger partial charge is 0.491 e. The van der Waals surface area contributed by atoms with Crippen LogP contribution in [0, 0.1) is 0 Å². The third kappa shape index (κ3) is 8.46. The van der Waals surface area contributed by atoms with E-state index in [1.54, 1.807) is 20.8 Å². The summed E-state index contributed by atoms with van der Waals surface area (Å²) in [6, 6.07) is 10.3. The normalized spacial score (nSPS) is 12.6. The molecule has 0 bridgehead atoms. The summed E-state index contributed by atoms with van der Waals surface area (Å²) in [6.07, 6.45) is -6.26. The molecule has 0 heterocycles. The summed E-state index contributed by atoms with van der Waals surface area (Å²) in [5, 5.41) is 15.0. The molecule has 0 spiro atoms. The van der Waals surface area contributed by atoms with E-state index < -0.39 is 35.4 Å². The van der Waals surface area contributed by atoms with Crippen LogP contribution in [0.4, 0.5) is 23.7 Å². The summed E-state index contributed by atoms with van der Waals surface area (Å²) >= 11 is 0. The summed E-state index contributed by atoms with van der Waals surface area (Å²) in [4.78, 5) is 23.9. The quantitative estimate of drug-likeness (QED) is 0.582. The van der Waals surface area contributed by atoms with Crippen molar-refractivity contribution < 1.29 is 37.3 Å². The first-order valence-corrected chi connectivity index (χ1v) is 9.70. The summed E-state index contributed by atoms with van der Waals surface area (Å²) in [5.41, 5.74) is -0.784. The molecule has 7 nitrogen and oxygen atoms in total. The molecule has 0 aliphatic carbocycles. The minimum Gasteiger partial charge on any atom is -0.491 e. The fraction of sp³-hybridized carbons (Fsp3) is 0.364.